The van der Waals surface area contributed by atoms with E-state index in [1.807, 2.05) is 0 Å². The average Bonchev–Trinajstić information content (AvgIpc) is 2.48. The zero-order chi connectivity index (χ0) is 15.2. The molecule has 0 fully saturated rings. The number of carbonyl (C=O) groups excluding carboxylic acids is 1. The Hall–Kier alpha value is -2.17. The molecule has 0 saturated carbocycles. The molecular formula is C16H13ClFNO2. The summed E-state index contributed by atoms with van der Waals surface area (Å²) in [7, 11) is 0. The van der Waals surface area contributed by atoms with Crippen LogP contribution in [0.1, 0.15) is 11.1 Å². The molecule has 0 spiro atoms. The van der Waals surface area contributed by atoms with E-state index < -0.39 is 5.82 Å². The lowest BCUT2D eigenvalue weighted by Gasteiger charge is -2.04. The number of aliphatic hydroxyl groups is 1. The molecule has 0 aliphatic carbocycles. The molecule has 2 rings (SSSR count). The standard InChI is InChI=1S/C16H13ClFNO2/c17-14-9-11(4-6-15(14)18)5-7-16(21)19-13-3-1-2-12(8-13)10-20/h1-9,20H,10H2,(H,19,21)/b7-5+. The van der Waals surface area contributed by atoms with E-state index in [-0.39, 0.29) is 17.5 Å². The van der Waals surface area contributed by atoms with E-state index in [4.69, 9.17) is 16.7 Å². The molecule has 0 saturated heterocycles. The van der Waals surface area contributed by atoms with Crippen molar-refractivity contribution in [2.24, 2.45) is 0 Å². The number of benzene rings is 2. The summed E-state index contributed by atoms with van der Waals surface area (Å²) >= 11 is 5.66. The quantitative estimate of drug-likeness (QED) is 0.848. The van der Waals surface area contributed by atoms with Gasteiger partial charge in [0.2, 0.25) is 5.91 Å². The number of halogens is 2. The van der Waals surface area contributed by atoms with Crippen molar-refractivity contribution in [2.75, 3.05) is 5.32 Å². The molecule has 0 aliphatic rings. The van der Waals surface area contributed by atoms with E-state index in [1.165, 1.54) is 30.4 Å². The van der Waals surface area contributed by atoms with Gasteiger partial charge in [-0.2, -0.15) is 0 Å². The summed E-state index contributed by atoms with van der Waals surface area (Å²) in [4.78, 5) is 11.8. The predicted octanol–water partition coefficient (Wildman–Crippen LogP) is 3.62. The Bertz CT molecular complexity index is 686. The summed E-state index contributed by atoms with van der Waals surface area (Å²) in [5.41, 5.74) is 1.93. The van der Waals surface area contributed by atoms with Crippen LogP contribution < -0.4 is 5.32 Å². The number of anilines is 1. The van der Waals surface area contributed by atoms with Crippen LogP contribution in [0.15, 0.2) is 48.5 Å². The monoisotopic (exact) mass is 305 g/mol. The second kappa shape index (κ2) is 7.02. The van der Waals surface area contributed by atoms with Crippen molar-refractivity contribution in [1.82, 2.24) is 0 Å². The van der Waals surface area contributed by atoms with Crippen LogP contribution in [0.25, 0.3) is 6.08 Å². The van der Waals surface area contributed by atoms with Crippen molar-refractivity contribution >= 4 is 29.3 Å². The molecule has 0 atom stereocenters. The molecule has 0 radical (unpaired) electrons. The number of rotatable bonds is 4. The van der Waals surface area contributed by atoms with E-state index in [0.717, 1.165) is 0 Å². The van der Waals surface area contributed by atoms with Gasteiger partial charge < -0.3 is 10.4 Å². The van der Waals surface area contributed by atoms with Gasteiger partial charge in [-0.15, -0.1) is 0 Å². The topological polar surface area (TPSA) is 49.3 Å². The Morgan fingerprint density at radius 2 is 2.10 bits per heavy atom. The third-order valence-corrected chi connectivity index (χ3v) is 3.04. The van der Waals surface area contributed by atoms with Crippen LogP contribution in [0, 0.1) is 5.82 Å². The van der Waals surface area contributed by atoms with Crippen molar-refractivity contribution in [3.8, 4) is 0 Å². The largest absolute Gasteiger partial charge is 0.392 e. The van der Waals surface area contributed by atoms with Gasteiger partial charge in [0.05, 0.1) is 11.6 Å². The van der Waals surface area contributed by atoms with Gasteiger partial charge in [0.15, 0.2) is 0 Å². The smallest absolute Gasteiger partial charge is 0.248 e. The van der Waals surface area contributed by atoms with Gasteiger partial charge in [0.25, 0.3) is 0 Å². The molecule has 5 heteroatoms. The van der Waals surface area contributed by atoms with Crippen molar-refractivity contribution < 1.29 is 14.3 Å². The first kappa shape index (κ1) is 15.2. The molecule has 2 aromatic rings. The fourth-order valence-electron chi connectivity index (χ4n) is 1.72. The van der Waals surface area contributed by atoms with Crippen LogP contribution in [-0.2, 0) is 11.4 Å². The van der Waals surface area contributed by atoms with E-state index in [2.05, 4.69) is 5.32 Å². The van der Waals surface area contributed by atoms with Gasteiger partial charge in [0, 0.05) is 11.8 Å². The minimum atomic E-state index is -0.501. The Kier molecular flexibility index (Phi) is 5.09. The van der Waals surface area contributed by atoms with Crippen molar-refractivity contribution in [3.05, 3.63) is 70.5 Å². The van der Waals surface area contributed by atoms with Crippen LogP contribution >= 0.6 is 11.6 Å². The highest BCUT2D eigenvalue weighted by molar-refractivity contribution is 6.30. The normalized spacial score (nSPS) is 10.8. The van der Waals surface area contributed by atoms with Crippen molar-refractivity contribution in [1.29, 1.82) is 0 Å². The van der Waals surface area contributed by atoms with Crippen LogP contribution in [0.4, 0.5) is 10.1 Å². The van der Waals surface area contributed by atoms with Gasteiger partial charge in [0.1, 0.15) is 5.82 Å². The van der Waals surface area contributed by atoms with E-state index >= 15 is 0 Å². The van der Waals surface area contributed by atoms with E-state index in [9.17, 15) is 9.18 Å². The highest BCUT2D eigenvalue weighted by Gasteiger charge is 2.01. The number of carbonyl (C=O) groups is 1. The summed E-state index contributed by atoms with van der Waals surface area (Å²) in [6.45, 7) is -0.0897. The first-order valence-corrected chi connectivity index (χ1v) is 6.60. The molecular weight excluding hydrogens is 293 g/mol. The fraction of sp³-hybridized carbons (Fsp3) is 0.0625. The van der Waals surface area contributed by atoms with Crippen molar-refractivity contribution in [3.63, 3.8) is 0 Å². The minimum absolute atomic E-state index is 0.00760. The first-order chi connectivity index (χ1) is 10.1. The van der Waals surface area contributed by atoms with E-state index in [0.29, 0.717) is 16.8 Å². The minimum Gasteiger partial charge on any atom is -0.392 e. The molecule has 1 amide bonds. The molecule has 2 N–H and O–H groups in total. The lowest BCUT2D eigenvalue weighted by Crippen LogP contribution is -2.07. The molecule has 108 valence electrons. The summed E-state index contributed by atoms with van der Waals surface area (Å²) in [5.74, 6) is -0.829. The number of hydrogen-bond acceptors (Lipinski definition) is 2. The SMILES string of the molecule is O=C(/C=C/c1ccc(F)c(Cl)c1)Nc1cccc(CO)c1. The zero-order valence-electron chi connectivity index (χ0n) is 11.0. The van der Waals surface area contributed by atoms with Crippen LogP contribution in [0.5, 0.6) is 0 Å². The lowest BCUT2D eigenvalue weighted by atomic mass is 10.2. The molecule has 0 unspecified atom stereocenters. The van der Waals surface area contributed by atoms with Gasteiger partial charge >= 0.3 is 0 Å². The molecule has 0 bridgehead atoms. The number of aliphatic hydroxyl groups excluding tert-OH is 1. The Balaban J connectivity index is 2.03. The highest BCUT2D eigenvalue weighted by atomic mass is 35.5. The zero-order valence-corrected chi connectivity index (χ0v) is 11.8. The first-order valence-electron chi connectivity index (χ1n) is 6.22. The third kappa shape index (κ3) is 4.41. The summed E-state index contributed by atoms with van der Waals surface area (Å²) in [6, 6.07) is 11.1. The molecule has 0 aromatic heterocycles. The highest BCUT2D eigenvalue weighted by Crippen LogP contribution is 2.17. The van der Waals surface area contributed by atoms with Gasteiger partial charge in [-0.1, -0.05) is 29.8 Å². The summed E-state index contributed by atoms with van der Waals surface area (Å²) in [6.07, 6.45) is 2.87. The summed E-state index contributed by atoms with van der Waals surface area (Å²) < 4.78 is 13.0. The maximum absolute atomic E-state index is 13.0. The number of hydrogen-bond donors (Lipinski definition) is 2. The van der Waals surface area contributed by atoms with Crippen LogP contribution in [-0.4, -0.2) is 11.0 Å². The molecule has 0 aliphatic heterocycles. The second-order valence-electron chi connectivity index (χ2n) is 4.35. The second-order valence-corrected chi connectivity index (χ2v) is 4.76. The molecule has 2 aromatic carbocycles. The average molecular weight is 306 g/mol. The van der Waals surface area contributed by atoms with Crippen LogP contribution in [0.3, 0.4) is 0 Å². The summed E-state index contributed by atoms with van der Waals surface area (Å²) in [5, 5.41) is 11.7. The number of amides is 1. The van der Waals surface area contributed by atoms with Gasteiger partial charge in [-0.25, -0.2) is 4.39 Å². The maximum Gasteiger partial charge on any atom is 0.248 e. The maximum atomic E-state index is 13.0. The Labute approximate surface area is 126 Å². The van der Waals surface area contributed by atoms with Gasteiger partial charge in [-0.3, -0.25) is 4.79 Å². The van der Waals surface area contributed by atoms with Gasteiger partial charge in [-0.05, 0) is 41.5 Å². The molecule has 21 heavy (non-hydrogen) atoms. The van der Waals surface area contributed by atoms with Crippen LogP contribution in [0.2, 0.25) is 5.02 Å². The third-order valence-electron chi connectivity index (χ3n) is 2.75. The number of nitrogens with one attached hydrogen (secondary N) is 1. The Morgan fingerprint density at radius 3 is 2.81 bits per heavy atom. The molecule has 3 nitrogen and oxygen atoms in total. The molecule has 0 heterocycles. The Morgan fingerprint density at radius 1 is 1.29 bits per heavy atom. The fourth-order valence-corrected chi connectivity index (χ4v) is 1.91. The predicted molar refractivity (Wildman–Crippen MR) is 81.4 cm³/mol. The van der Waals surface area contributed by atoms with Crippen molar-refractivity contribution in [2.45, 2.75) is 6.61 Å². The van der Waals surface area contributed by atoms with E-state index in [1.54, 1.807) is 24.3 Å². The lowest BCUT2D eigenvalue weighted by molar-refractivity contribution is -0.111.